The molecule has 0 atom stereocenters. The zero-order valence-electron chi connectivity index (χ0n) is 16.4. The first-order valence-electron chi connectivity index (χ1n) is 10.3. The van der Waals surface area contributed by atoms with Crippen molar-refractivity contribution >= 4 is 23.0 Å². The number of para-hydroxylation sites is 1. The van der Waals surface area contributed by atoms with Crippen LogP contribution in [0.3, 0.4) is 0 Å². The van der Waals surface area contributed by atoms with Crippen LogP contribution in [-0.2, 0) is 30.6 Å². The lowest BCUT2D eigenvalue weighted by molar-refractivity contribution is -0.121. The fourth-order valence-electron chi connectivity index (χ4n) is 4.13. The average Bonchev–Trinajstić information content (AvgIpc) is 3.07. The van der Waals surface area contributed by atoms with Crippen molar-refractivity contribution < 1.29 is 4.79 Å². The van der Waals surface area contributed by atoms with Gasteiger partial charge in [-0.2, -0.15) is 5.10 Å². The van der Waals surface area contributed by atoms with Gasteiger partial charge in [-0.25, -0.2) is 5.43 Å². The van der Waals surface area contributed by atoms with Gasteiger partial charge in [-0.15, -0.1) is 0 Å². The first-order valence-corrected chi connectivity index (χ1v) is 10.3. The third-order valence-electron chi connectivity index (χ3n) is 5.64. The molecule has 0 bridgehead atoms. The minimum Gasteiger partial charge on any atom is -0.344 e. The Balaban J connectivity index is 1.40. The number of hydrogen-bond donors (Lipinski definition) is 1. The molecule has 0 spiro atoms. The summed E-state index contributed by atoms with van der Waals surface area (Å²) in [4.78, 5) is 12.3. The van der Waals surface area contributed by atoms with Gasteiger partial charge in [-0.1, -0.05) is 49.4 Å². The van der Waals surface area contributed by atoms with Crippen LogP contribution in [0.2, 0.25) is 0 Å². The minimum absolute atomic E-state index is 0.0521. The monoisotopic (exact) mass is 373 g/mol. The molecule has 144 valence electrons. The molecule has 4 heteroatoms. The summed E-state index contributed by atoms with van der Waals surface area (Å²) in [6.45, 7) is 2.83. The minimum atomic E-state index is -0.0521. The summed E-state index contributed by atoms with van der Waals surface area (Å²) in [6.07, 6.45) is 7.90. The van der Waals surface area contributed by atoms with Gasteiger partial charge >= 0.3 is 0 Å². The largest absolute Gasteiger partial charge is 0.344 e. The predicted molar refractivity (Wildman–Crippen MR) is 115 cm³/mol. The lowest BCUT2D eigenvalue weighted by atomic mass is 9.95. The van der Waals surface area contributed by atoms with Crippen LogP contribution >= 0.6 is 0 Å². The van der Waals surface area contributed by atoms with Crippen LogP contribution < -0.4 is 5.43 Å². The van der Waals surface area contributed by atoms with E-state index in [9.17, 15) is 4.79 Å². The lowest BCUT2D eigenvalue weighted by Gasteiger charge is -2.15. The summed E-state index contributed by atoms with van der Waals surface area (Å²) < 4.78 is 2.34. The Hall–Kier alpha value is -2.88. The van der Waals surface area contributed by atoms with E-state index in [0.717, 1.165) is 24.8 Å². The Morgan fingerprint density at radius 2 is 1.89 bits per heavy atom. The Bertz CT molecular complexity index is 999. The molecule has 3 aromatic rings. The smallest absolute Gasteiger partial charge is 0.241 e. The Kier molecular flexibility index (Phi) is 5.56. The van der Waals surface area contributed by atoms with Crippen molar-refractivity contribution in [2.75, 3.05) is 0 Å². The molecule has 2 aromatic carbocycles. The van der Waals surface area contributed by atoms with Gasteiger partial charge in [0.05, 0.1) is 6.21 Å². The van der Waals surface area contributed by atoms with Crippen molar-refractivity contribution in [3.63, 3.8) is 0 Å². The van der Waals surface area contributed by atoms with Gasteiger partial charge in [0, 0.05) is 29.6 Å². The van der Waals surface area contributed by atoms with Crippen LogP contribution in [-0.4, -0.2) is 16.7 Å². The number of carbonyl (C=O) groups excluding carboxylic acids is 1. The van der Waals surface area contributed by atoms with Gasteiger partial charge in [0.25, 0.3) is 0 Å². The zero-order valence-corrected chi connectivity index (χ0v) is 16.4. The van der Waals surface area contributed by atoms with Crippen molar-refractivity contribution in [3.05, 3.63) is 70.9 Å². The molecule has 0 aliphatic heterocycles. The van der Waals surface area contributed by atoms with Gasteiger partial charge in [0.2, 0.25) is 5.91 Å². The molecule has 4 nitrogen and oxygen atoms in total. The molecular weight excluding hydrogens is 346 g/mol. The molecule has 0 fully saturated rings. The maximum Gasteiger partial charge on any atom is 0.241 e. The number of nitrogens with one attached hydrogen (secondary N) is 1. The van der Waals surface area contributed by atoms with E-state index in [1.807, 2.05) is 12.1 Å². The number of hydrogen-bond acceptors (Lipinski definition) is 2. The summed E-state index contributed by atoms with van der Waals surface area (Å²) in [5, 5.41) is 5.47. The highest BCUT2D eigenvalue weighted by Gasteiger charge is 2.19. The highest BCUT2D eigenvalue weighted by Crippen LogP contribution is 2.32. The number of hydrazone groups is 1. The maximum absolute atomic E-state index is 12.3. The number of nitrogens with zero attached hydrogens (tertiary/aromatic N) is 2. The van der Waals surface area contributed by atoms with Crippen molar-refractivity contribution in [1.29, 1.82) is 0 Å². The first kappa shape index (κ1) is 18.5. The first-order chi connectivity index (χ1) is 13.8. The highest BCUT2D eigenvalue weighted by atomic mass is 16.2. The fourth-order valence-corrected chi connectivity index (χ4v) is 4.13. The number of rotatable bonds is 6. The van der Waals surface area contributed by atoms with Crippen LogP contribution in [0.5, 0.6) is 0 Å². The van der Waals surface area contributed by atoms with Crippen molar-refractivity contribution in [3.8, 4) is 0 Å². The second-order valence-electron chi connectivity index (χ2n) is 7.44. The average molecular weight is 374 g/mol. The SMILES string of the molecule is CCc1ccc(/C=N/NC(=O)CCn2c3c(c4ccccc42)CCCC3)cc1. The molecular formula is C24H27N3O. The van der Waals surface area contributed by atoms with Crippen molar-refractivity contribution in [2.24, 2.45) is 5.10 Å². The highest BCUT2D eigenvalue weighted by molar-refractivity contribution is 5.86. The summed E-state index contributed by atoms with van der Waals surface area (Å²) >= 11 is 0. The molecule has 1 aliphatic rings. The van der Waals surface area contributed by atoms with E-state index >= 15 is 0 Å². The number of amides is 1. The summed E-state index contributed by atoms with van der Waals surface area (Å²) in [6, 6.07) is 16.8. The Morgan fingerprint density at radius 1 is 1.11 bits per heavy atom. The second kappa shape index (κ2) is 8.42. The molecule has 1 amide bonds. The third kappa shape index (κ3) is 3.86. The van der Waals surface area contributed by atoms with E-state index in [1.54, 1.807) is 6.21 Å². The topological polar surface area (TPSA) is 46.4 Å². The maximum atomic E-state index is 12.3. The van der Waals surface area contributed by atoms with Crippen LogP contribution in [0.4, 0.5) is 0 Å². The van der Waals surface area contributed by atoms with E-state index in [2.05, 4.69) is 58.4 Å². The lowest BCUT2D eigenvalue weighted by Crippen LogP contribution is -2.20. The number of aromatic nitrogens is 1. The van der Waals surface area contributed by atoms with Gasteiger partial charge in [-0.05, 0) is 54.9 Å². The van der Waals surface area contributed by atoms with E-state index < -0.39 is 0 Å². The number of fused-ring (bicyclic) bond motifs is 3. The van der Waals surface area contributed by atoms with E-state index in [-0.39, 0.29) is 5.91 Å². The number of benzene rings is 2. The molecule has 4 rings (SSSR count). The van der Waals surface area contributed by atoms with Gasteiger partial charge in [-0.3, -0.25) is 4.79 Å². The second-order valence-corrected chi connectivity index (χ2v) is 7.44. The normalized spacial score (nSPS) is 13.8. The molecule has 0 radical (unpaired) electrons. The van der Waals surface area contributed by atoms with Gasteiger partial charge in [0.15, 0.2) is 0 Å². The molecule has 0 unspecified atom stereocenters. The summed E-state index contributed by atoms with van der Waals surface area (Å²) in [5.41, 5.74) is 9.10. The van der Waals surface area contributed by atoms with E-state index in [4.69, 9.17) is 0 Å². The molecule has 0 saturated heterocycles. The Morgan fingerprint density at radius 3 is 2.71 bits per heavy atom. The quantitative estimate of drug-likeness (QED) is 0.497. The molecule has 1 N–H and O–H groups in total. The number of aryl methyl sites for hydroxylation is 3. The van der Waals surface area contributed by atoms with Gasteiger partial charge in [0.1, 0.15) is 0 Å². The van der Waals surface area contributed by atoms with Crippen LogP contribution in [0.1, 0.15) is 48.6 Å². The van der Waals surface area contributed by atoms with Crippen LogP contribution in [0, 0.1) is 0 Å². The van der Waals surface area contributed by atoms with Crippen molar-refractivity contribution in [2.45, 2.75) is 52.0 Å². The molecule has 1 heterocycles. The van der Waals surface area contributed by atoms with Crippen molar-refractivity contribution in [1.82, 2.24) is 9.99 Å². The van der Waals surface area contributed by atoms with Crippen LogP contribution in [0.15, 0.2) is 53.6 Å². The third-order valence-corrected chi connectivity index (χ3v) is 5.64. The zero-order chi connectivity index (χ0) is 19.3. The van der Waals surface area contributed by atoms with E-state index in [1.165, 1.54) is 40.6 Å². The summed E-state index contributed by atoms with van der Waals surface area (Å²) in [5.74, 6) is -0.0521. The molecule has 1 aromatic heterocycles. The van der Waals surface area contributed by atoms with E-state index in [0.29, 0.717) is 13.0 Å². The predicted octanol–water partition coefficient (Wildman–Crippen LogP) is 4.62. The Labute approximate surface area is 166 Å². The fraction of sp³-hybridized carbons (Fsp3) is 0.333. The van der Waals surface area contributed by atoms with Gasteiger partial charge < -0.3 is 4.57 Å². The molecule has 0 saturated carbocycles. The number of carbonyl (C=O) groups is 1. The van der Waals surface area contributed by atoms with Crippen LogP contribution in [0.25, 0.3) is 10.9 Å². The standard InChI is InChI=1S/C24H27N3O/c1-2-18-11-13-19(14-12-18)17-25-26-24(28)15-16-27-22-9-5-3-7-20(22)21-8-4-6-10-23(21)27/h3,5,7,9,11-14,17H,2,4,6,8,10,15-16H2,1H3,(H,26,28)/b25-17+. The molecule has 1 aliphatic carbocycles. The molecule has 28 heavy (non-hydrogen) atoms. The summed E-state index contributed by atoms with van der Waals surface area (Å²) in [7, 11) is 0.